The second-order valence-corrected chi connectivity index (χ2v) is 3.70. The highest BCUT2D eigenvalue weighted by molar-refractivity contribution is 7.82. The summed E-state index contributed by atoms with van der Waals surface area (Å²) in [7, 11) is 3.21. The maximum Gasteiger partial charge on any atom is 0.0883 e. The second-order valence-electron chi connectivity index (χ2n) is 2.51. The summed E-state index contributed by atoms with van der Waals surface area (Å²) in [4.78, 5) is 2.11. The van der Waals surface area contributed by atoms with Gasteiger partial charge in [0.15, 0.2) is 0 Å². The standard InChI is InChI=1S/C6H16N2OS/c1-8(2)6-4-5-7-10(3)9/h7H,4-6H2,1-3H3. The first-order chi connectivity index (χ1) is 4.63. The van der Waals surface area contributed by atoms with Crippen LogP contribution in [0, 0.1) is 0 Å². The van der Waals surface area contributed by atoms with Crippen LogP contribution in [0.25, 0.3) is 0 Å². The van der Waals surface area contributed by atoms with Crippen LogP contribution in [0.2, 0.25) is 0 Å². The lowest BCUT2D eigenvalue weighted by Crippen LogP contribution is -2.22. The summed E-state index contributed by atoms with van der Waals surface area (Å²) in [6, 6.07) is 0. The molecule has 1 N–H and O–H groups in total. The van der Waals surface area contributed by atoms with E-state index in [-0.39, 0.29) is 0 Å². The average Bonchev–Trinajstić information content (AvgIpc) is 1.79. The van der Waals surface area contributed by atoms with Crippen molar-refractivity contribution in [1.82, 2.24) is 9.62 Å². The molecule has 10 heavy (non-hydrogen) atoms. The molecule has 0 aliphatic carbocycles. The Balaban J connectivity index is 2.98. The summed E-state index contributed by atoms with van der Waals surface area (Å²) >= 11 is 0. The highest BCUT2D eigenvalue weighted by atomic mass is 32.2. The largest absolute Gasteiger partial charge is 0.309 e. The molecule has 0 bridgehead atoms. The molecule has 3 nitrogen and oxygen atoms in total. The fourth-order valence-electron chi connectivity index (χ4n) is 0.611. The predicted molar refractivity (Wildman–Crippen MR) is 45.2 cm³/mol. The van der Waals surface area contributed by atoms with E-state index >= 15 is 0 Å². The minimum absolute atomic E-state index is 0.835. The molecule has 0 fully saturated rings. The van der Waals surface area contributed by atoms with E-state index in [1.165, 1.54) is 0 Å². The molecule has 0 aliphatic rings. The monoisotopic (exact) mass is 164 g/mol. The van der Waals surface area contributed by atoms with E-state index in [4.69, 9.17) is 0 Å². The third kappa shape index (κ3) is 8.07. The zero-order chi connectivity index (χ0) is 7.98. The van der Waals surface area contributed by atoms with Gasteiger partial charge in [0, 0.05) is 12.8 Å². The molecule has 0 aromatic rings. The average molecular weight is 164 g/mol. The first-order valence-corrected chi connectivity index (χ1v) is 4.90. The Morgan fingerprint density at radius 1 is 1.50 bits per heavy atom. The van der Waals surface area contributed by atoms with E-state index in [0.717, 1.165) is 19.5 Å². The summed E-state index contributed by atoms with van der Waals surface area (Å²) in [5, 5.41) is 0. The van der Waals surface area contributed by atoms with Crippen LogP contribution in [0.15, 0.2) is 0 Å². The lowest BCUT2D eigenvalue weighted by Gasteiger charge is -2.08. The van der Waals surface area contributed by atoms with Crippen molar-refractivity contribution >= 4 is 11.0 Å². The highest BCUT2D eigenvalue weighted by Crippen LogP contribution is 1.80. The first-order valence-electron chi connectivity index (χ1n) is 3.34. The Bertz CT molecular complexity index is 106. The SMILES string of the molecule is CN(C)CCCNS(C)=O. The fourth-order valence-corrected chi connectivity index (χ4v) is 1.04. The number of nitrogens with one attached hydrogen (secondary N) is 1. The third-order valence-electron chi connectivity index (χ3n) is 1.09. The molecule has 0 saturated heterocycles. The van der Waals surface area contributed by atoms with Crippen molar-refractivity contribution in [2.75, 3.05) is 33.4 Å². The van der Waals surface area contributed by atoms with Crippen molar-refractivity contribution in [3.63, 3.8) is 0 Å². The second kappa shape index (κ2) is 5.82. The molecule has 0 heterocycles. The van der Waals surface area contributed by atoms with Gasteiger partial charge in [0.05, 0.1) is 11.0 Å². The van der Waals surface area contributed by atoms with Crippen molar-refractivity contribution in [2.24, 2.45) is 0 Å². The van der Waals surface area contributed by atoms with E-state index in [9.17, 15) is 4.21 Å². The molecule has 0 aromatic heterocycles. The van der Waals surface area contributed by atoms with Gasteiger partial charge < -0.3 is 4.90 Å². The van der Waals surface area contributed by atoms with Gasteiger partial charge in [-0.1, -0.05) is 0 Å². The van der Waals surface area contributed by atoms with Crippen molar-refractivity contribution in [1.29, 1.82) is 0 Å². The molecule has 62 valence electrons. The Morgan fingerprint density at radius 3 is 2.50 bits per heavy atom. The van der Waals surface area contributed by atoms with Crippen LogP contribution in [0.5, 0.6) is 0 Å². The van der Waals surface area contributed by atoms with E-state index in [0.29, 0.717) is 0 Å². The molecule has 0 spiro atoms. The summed E-state index contributed by atoms with van der Waals surface area (Å²) in [6.07, 6.45) is 2.70. The Morgan fingerprint density at radius 2 is 2.10 bits per heavy atom. The highest BCUT2D eigenvalue weighted by Gasteiger charge is 1.90. The van der Waals surface area contributed by atoms with E-state index in [1.54, 1.807) is 6.26 Å². The minimum Gasteiger partial charge on any atom is -0.309 e. The van der Waals surface area contributed by atoms with Gasteiger partial charge in [-0.15, -0.1) is 0 Å². The Kier molecular flexibility index (Phi) is 5.87. The van der Waals surface area contributed by atoms with Gasteiger partial charge in [-0.25, -0.2) is 8.93 Å². The van der Waals surface area contributed by atoms with Gasteiger partial charge in [0.1, 0.15) is 0 Å². The summed E-state index contributed by atoms with van der Waals surface area (Å²) in [5.41, 5.74) is 0. The molecule has 0 radical (unpaired) electrons. The van der Waals surface area contributed by atoms with Crippen LogP contribution in [0.1, 0.15) is 6.42 Å². The van der Waals surface area contributed by atoms with Crippen LogP contribution in [0.3, 0.4) is 0 Å². The molecule has 0 rings (SSSR count). The summed E-state index contributed by atoms with van der Waals surface area (Å²) in [5.74, 6) is 0. The molecule has 1 unspecified atom stereocenters. The van der Waals surface area contributed by atoms with E-state index in [2.05, 4.69) is 9.62 Å². The van der Waals surface area contributed by atoms with Crippen molar-refractivity contribution in [2.45, 2.75) is 6.42 Å². The van der Waals surface area contributed by atoms with Crippen LogP contribution >= 0.6 is 0 Å². The number of hydrogen-bond donors (Lipinski definition) is 1. The lowest BCUT2D eigenvalue weighted by molar-refractivity contribution is 0.401. The fraction of sp³-hybridized carbons (Fsp3) is 1.00. The molecule has 0 amide bonds. The van der Waals surface area contributed by atoms with Gasteiger partial charge in [-0.3, -0.25) is 0 Å². The van der Waals surface area contributed by atoms with Gasteiger partial charge in [-0.2, -0.15) is 0 Å². The maximum atomic E-state index is 10.5. The van der Waals surface area contributed by atoms with Crippen LogP contribution < -0.4 is 4.72 Å². The van der Waals surface area contributed by atoms with E-state index < -0.39 is 11.0 Å². The first kappa shape index (κ1) is 10.1. The molecular formula is C6H16N2OS. The molecule has 0 aromatic carbocycles. The minimum atomic E-state index is -0.849. The zero-order valence-electron chi connectivity index (χ0n) is 6.89. The molecular weight excluding hydrogens is 148 g/mol. The smallest absolute Gasteiger partial charge is 0.0883 e. The molecule has 0 aliphatic heterocycles. The van der Waals surface area contributed by atoms with Gasteiger partial charge in [0.2, 0.25) is 0 Å². The predicted octanol–water partition coefficient (Wildman–Crippen LogP) is -0.179. The molecule has 0 saturated carbocycles. The summed E-state index contributed by atoms with van der Waals surface area (Å²) in [6.45, 7) is 1.88. The maximum absolute atomic E-state index is 10.5. The third-order valence-corrected chi connectivity index (χ3v) is 1.70. The number of rotatable bonds is 5. The van der Waals surface area contributed by atoms with Crippen molar-refractivity contribution in [3.8, 4) is 0 Å². The molecule has 4 heteroatoms. The quantitative estimate of drug-likeness (QED) is 0.572. The van der Waals surface area contributed by atoms with Crippen molar-refractivity contribution in [3.05, 3.63) is 0 Å². The molecule has 1 atom stereocenters. The Labute approximate surface area is 65.4 Å². The number of hydrogen-bond acceptors (Lipinski definition) is 2. The Hall–Kier alpha value is 0.0700. The summed E-state index contributed by atoms with van der Waals surface area (Å²) < 4.78 is 13.3. The van der Waals surface area contributed by atoms with Crippen LogP contribution in [-0.4, -0.2) is 42.5 Å². The topological polar surface area (TPSA) is 32.3 Å². The zero-order valence-corrected chi connectivity index (χ0v) is 7.70. The van der Waals surface area contributed by atoms with Crippen LogP contribution in [0.4, 0.5) is 0 Å². The number of nitrogens with zero attached hydrogens (tertiary/aromatic N) is 1. The van der Waals surface area contributed by atoms with Crippen molar-refractivity contribution < 1.29 is 4.21 Å². The normalized spacial score (nSPS) is 14.0. The van der Waals surface area contributed by atoms with Crippen LogP contribution in [-0.2, 0) is 11.0 Å². The van der Waals surface area contributed by atoms with E-state index in [1.807, 2.05) is 14.1 Å². The van der Waals surface area contributed by atoms with Gasteiger partial charge >= 0.3 is 0 Å². The van der Waals surface area contributed by atoms with Gasteiger partial charge in [0.25, 0.3) is 0 Å². The lowest BCUT2D eigenvalue weighted by atomic mass is 10.4. The van der Waals surface area contributed by atoms with Gasteiger partial charge in [-0.05, 0) is 27.1 Å².